The van der Waals surface area contributed by atoms with Crippen LogP contribution in [-0.4, -0.2) is 30.7 Å². The van der Waals surface area contributed by atoms with Gasteiger partial charge in [-0.3, -0.25) is 0 Å². The fourth-order valence-corrected chi connectivity index (χ4v) is 3.55. The highest BCUT2D eigenvalue weighted by molar-refractivity contribution is 7.89. The van der Waals surface area contributed by atoms with Crippen molar-refractivity contribution in [3.05, 3.63) is 23.5 Å². The number of rotatable bonds is 6. The molecule has 1 aromatic rings. The summed E-state index contributed by atoms with van der Waals surface area (Å²) in [6.07, 6.45) is 2.38. The van der Waals surface area contributed by atoms with Gasteiger partial charge in [0, 0.05) is 6.20 Å². The largest absolute Gasteiger partial charge is 0.394 e. The Kier molecular flexibility index (Phi) is 5.10. The number of aliphatic hydroxyl groups excluding tert-OH is 1. The molecule has 0 atom stereocenters. The van der Waals surface area contributed by atoms with Crippen LogP contribution in [0, 0.1) is 0 Å². The number of hydrogen-bond acceptors (Lipinski definition) is 4. The van der Waals surface area contributed by atoms with Gasteiger partial charge in [0.15, 0.2) is 0 Å². The molecule has 0 fully saturated rings. The first-order valence-electron chi connectivity index (χ1n) is 5.66. The standard InChI is InChI=1S/C11H17ClN2O3S/c1-3-11(4-2,8-15)14-18(16,17)9-6-5-7-13-10(9)12/h5-7,14-15H,3-4,8H2,1-2H3. The van der Waals surface area contributed by atoms with Crippen LogP contribution in [0.2, 0.25) is 5.15 Å². The van der Waals surface area contributed by atoms with E-state index in [0.29, 0.717) is 12.8 Å². The van der Waals surface area contributed by atoms with Gasteiger partial charge in [0.1, 0.15) is 10.0 Å². The lowest BCUT2D eigenvalue weighted by molar-refractivity contribution is 0.172. The molecule has 0 bridgehead atoms. The van der Waals surface area contributed by atoms with Crippen molar-refractivity contribution in [2.24, 2.45) is 0 Å². The third kappa shape index (κ3) is 3.20. The lowest BCUT2D eigenvalue weighted by Gasteiger charge is -2.30. The lowest BCUT2D eigenvalue weighted by atomic mass is 9.96. The van der Waals surface area contributed by atoms with Gasteiger partial charge in [-0.25, -0.2) is 18.1 Å². The summed E-state index contributed by atoms with van der Waals surface area (Å²) in [5.41, 5.74) is -0.863. The first kappa shape index (κ1) is 15.4. The van der Waals surface area contributed by atoms with E-state index in [1.165, 1.54) is 18.3 Å². The monoisotopic (exact) mass is 292 g/mol. The molecule has 18 heavy (non-hydrogen) atoms. The van der Waals surface area contributed by atoms with Crippen molar-refractivity contribution in [2.45, 2.75) is 37.1 Å². The molecule has 0 unspecified atom stereocenters. The van der Waals surface area contributed by atoms with Crippen LogP contribution in [0.3, 0.4) is 0 Å². The van der Waals surface area contributed by atoms with Crippen LogP contribution in [0.5, 0.6) is 0 Å². The highest BCUT2D eigenvalue weighted by Crippen LogP contribution is 2.22. The molecule has 0 spiro atoms. The second kappa shape index (κ2) is 5.97. The minimum Gasteiger partial charge on any atom is -0.394 e. The maximum absolute atomic E-state index is 12.2. The number of nitrogens with one attached hydrogen (secondary N) is 1. The average Bonchev–Trinajstić information content (AvgIpc) is 2.36. The number of halogens is 1. The van der Waals surface area contributed by atoms with Gasteiger partial charge in [-0.15, -0.1) is 0 Å². The summed E-state index contributed by atoms with van der Waals surface area (Å²) in [5.74, 6) is 0. The summed E-state index contributed by atoms with van der Waals surface area (Å²) in [7, 11) is -3.79. The minimum absolute atomic E-state index is 0.0774. The highest BCUT2D eigenvalue weighted by atomic mass is 35.5. The molecule has 0 amide bonds. The maximum atomic E-state index is 12.2. The molecule has 5 nitrogen and oxygen atoms in total. The predicted molar refractivity (Wildman–Crippen MR) is 70.0 cm³/mol. The second-order valence-corrected chi connectivity index (χ2v) is 6.05. The summed E-state index contributed by atoms with van der Waals surface area (Å²) < 4.78 is 26.9. The predicted octanol–water partition coefficient (Wildman–Crippen LogP) is 1.56. The molecule has 0 aliphatic heterocycles. The van der Waals surface area contributed by atoms with E-state index in [1.807, 2.05) is 13.8 Å². The normalized spacial score (nSPS) is 12.7. The summed E-state index contributed by atoms with van der Waals surface area (Å²) in [6.45, 7) is 3.36. The van der Waals surface area contributed by atoms with Gasteiger partial charge in [-0.05, 0) is 25.0 Å². The van der Waals surface area contributed by atoms with Crippen LogP contribution in [0.4, 0.5) is 0 Å². The highest BCUT2D eigenvalue weighted by Gasteiger charge is 2.32. The van der Waals surface area contributed by atoms with Gasteiger partial charge < -0.3 is 5.11 Å². The van der Waals surface area contributed by atoms with E-state index >= 15 is 0 Å². The Bertz CT molecular complexity index is 493. The Morgan fingerprint density at radius 2 is 2.06 bits per heavy atom. The quantitative estimate of drug-likeness (QED) is 0.780. The molecule has 1 rings (SSSR count). The zero-order valence-corrected chi connectivity index (χ0v) is 11.9. The molecule has 7 heteroatoms. The van der Waals surface area contributed by atoms with Crippen LogP contribution >= 0.6 is 11.6 Å². The third-order valence-corrected chi connectivity index (χ3v) is 5.04. The molecule has 0 saturated carbocycles. The van der Waals surface area contributed by atoms with Crippen molar-refractivity contribution in [1.29, 1.82) is 0 Å². The number of nitrogens with zero attached hydrogens (tertiary/aromatic N) is 1. The van der Waals surface area contributed by atoms with E-state index in [-0.39, 0.29) is 16.7 Å². The van der Waals surface area contributed by atoms with Crippen molar-refractivity contribution in [3.63, 3.8) is 0 Å². The molecule has 0 saturated heterocycles. The van der Waals surface area contributed by atoms with E-state index < -0.39 is 15.6 Å². The molecule has 2 N–H and O–H groups in total. The molecule has 1 heterocycles. The van der Waals surface area contributed by atoms with Crippen molar-refractivity contribution < 1.29 is 13.5 Å². The van der Waals surface area contributed by atoms with E-state index in [9.17, 15) is 13.5 Å². The van der Waals surface area contributed by atoms with E-state index in [1.54, 1.807) is 0 Å². The Morgan fingerprint density at radius 3 is 2.50 bits per heavy atom. The molecule has 1 aromatic heterocycles. The smallest absolute Gasteiger partial charge is 0.244 e. The molecule has 0 aliphatic rings. The van der Waals surface area contributed by atoms with Crippen molar-refractivity contribution >= 4 is 21.6 Å². The van der Waals surface area contributed by atoms with Gasteiger partial charge in [-0.2, -0.15) is 0 Å². The van der Waals surface area contributed by atoms with E-state index in [0.717, 1.165) is 0 Å². The van der Waals surface area contributed by atoms with Crippen molar-refractivity contribution in [3.8, 4) is 0 Å². The van der Waals surface area contributed by atoms with Crippen LogP contribution in [0.1, 0.15) is 26.7 Å². The molecule has 0 radical (unpaired) electrons. The Labute approximate surface area is 112 Å². The molecule has 0 aliphatic carbocycles. The average molecular weight is 293 g/mol. The topological polar surface area (TPSA) is 79.3 Å². The minimum atomic E-state index is -3.79. The SMILES string of the molecule is CCC(CC)(CO)NS(=O)(=O)c1cccnc1Cl. The van der Waals surface area contributed by atoms with Crippen LogP contribution in [0.15, 0.2) is 23.2 Å². The van der Waals surface area contributed by atoms with Gasteiger partial charge in [0.05, 0.1) is 12.1 Å². The van der Waals surface area contributed by atoms with Crippen LogP contribution < -0.4 is 4.72 Å². The number of hydrogen-bond donors (Lipinski definition) is 2. The Hall–Kier alpha value is -0.690. The number of aromatic nitrogens is 1. The lowest BCUT2D eigenvalue weighted by Crippen LogP contribution is -2.50. The zero-order valence-electron chi connectivity index (χ0n) is 10.4. The van der Waals surface area contributed by atoms with Crippen molar-refractivity contribution in [1.82, 2.24) is 9.71 Å². The first-order valence-corrected chi connectivity index (χ1v) is 7.52. The summed E-state index contributed by atoms with van der Waals surface area (Å²) in [4.78, 5) is 3.66. The summed E-state index contributed by atoms with van der Waals surface area (Å²) in [6, 6.07) is 2.88. The maximum Gasteiger partial charge on any atom is 0.244 e. The van der Waals surface area contributed by atoms with Crippen LogP contribution in [0.25, 0.3) is 0 Å². The molecular formula is C11H17ClN2O3S. The number of sulfonamides is 1. The van der Waals surface area contributed by atoms with Gasteiger partial charge >= 0.3 is 0 Å². The van der Waals surface area contributed by atoms with Gasteiger partial charge in [0.25, 0.3) is 0 Å². The first-order chi connectivity index (χ1) is 8.40. The molecule has 0 aromatic carbocycles. The zero-order chi connectivity index (χ0) is 13.8. The summed E-state index contributed by atoms with van der Waals surface area (Å²) >= 11 is 5.77. The van der Waals surface area contributed by atoms with E-state index in [2.05, 4.69) is 9.71 Å². The molecule has 102 valence electrons. The van der Waals surface area contributed by atoms with Gasteiger partial charge in [-0.1, -0.05) is 25.4 Å². The van der Waals surface area contributed by atoms with Crippen molar-refractivity contribution in [2.75, 3.05) is 6.61 Å². The fourth-order valence-electron chi connectivity index (χ4n) is 1.56. The Balaban J connectivity index is 3.13. The number of aliphatic hydroxyl groups is 1. The van der Waals surface area contributed by atoms with E-state index in [4.69, 9.17) is 11.6 Å². The van der Waals surface area contributed by atoms with Gasteiger partial charge in [0.2, 0.25) is 10.0 Å². The third-order valence-electron chi connectivity index (χ3n) is 3.02. The number of pyridine rings is 1. The Morgan fingerprint density at radius 1 is 1.44 bits per heavy atom. The fraction of sp³-hybridized carbons (Fsp3) is 0.545. The van der Waals surface area contributed by atoms with Crippen LogP contribution in [-0.2, 0) is 10.0 Å². The molecular weight excluding hydrogens is 276 g/mol. The summed E-state index contributed by atoms with van der Waals surface area (Å²) in [5, 5.41) is 9.30. The second-order valence-electron chi connectivity index (χ2n) is 4.04.